The third-order valence-electron chi connectivity index (χ3n) is 2.97. The Kier molecular flexibility index (Phi) is 4.53. The van der Waals surface area contributed by atoms with Crippen molar-refractivity contribution in [3.63, 3.8) is 0 Å². The van der Waals surface area contributed by atoms with E-state index in [9.17, 15) is 4.79 Å². The number of carbonyl (C=O) groups is 1. The molecule has 0 fully saturated rings. The summed E-state index contributed by atoms with van der Waals surface area (Å²) in [6.07, 6.45) is 1.54. The molecule has 0 saturated carbocycles. The minimum atomic E-state index is -0.148. The fraction of sp³-hybridized carbons (Fsp3) is 0.333. The molecule has 5 nitrogen and oxygen atoms in total. The second-order valence-electron chi connectivity index (χ2n) is 5.10. The van der Waals surface area contributed by atoms with Gasteiger partial charge in [0.25, 0.3) is 5.91 Å². The van der Waals surface area contributed by atoms with Crippen molar-refractivity contribution in [3.05, 3.63) is 47.3 Å². The van der Waals surface area contributed by atoms with E-state index in [1.165, 1.54) is 6.20 Å². The molecule has 0 bridgehead atoms. The molecule has 0 atom stereocenters. The van der Waals surface area contributed by atoms with Crippen molar-refractivity contribution >= 4 is 11.6 Å². The van der Waals surface area contributed by atoms with Crippen LogP contribution in [-0.2, 0) is 6.54 Å². The quantitative estimate of drug-likeness (QED) is 0.783. The molecule has 0 aliphatic heterocycles. The van der Waals surface area contributed by atoms with Gasteiger partial charge in [-0.3, -0.25) is 9.89 Å². The van der Waals surface area contributed by atoms with E-state index >= 15 is 0 Å². The van der Waals surface area contributed by atoms with Crippen LogP contribution >= 0.6 is 0 Å². The summed E-state index contributed by atoms with van der Waals surface area (Å²) in [7, 11) is 0. The van der Waals surface area contributed by atoms with Gasteiger partial charge in [-0.1, -0.05) is 26.0 Å². The number of aryl methyl sites for hydroxylation is 1. The Bertz CT molecular complexity index is 589. The molecule has 2 aromatic rings. The maximum absolute atomic E-state index is 12.1. The molecular weight excluding hydrogens is 252 g/mol. The van der Waals surface area contributed by atoms with E-state index in [1.807, 2.05) is 31.2 Å². The van der Waals surface area contributed by atoms with Crippen molar-refractivity contribution < 1.29 is 4.79 Å². The highest BCUT2D eigenvalue weighted by Crippen LogP contribution is 2.13. The second-order valence-corrected chi connectivity index (χ2v) is 5.10. The van der Waals surface area contributed by atoms with Crippen LogP contribution in [0.5, 0.6) is 0 Å². The number of hydrogen-bond donors (Lipinski definition) is 3. The van der Waals surface area contributed by atoms with Gasteiger partial charge < -0.3 is 10.6 Å². The van der Waals surface area contributed by atoms with Gasteiger partial charge in [-0.05, 0) is 24.6 Å². The third-order valence-corrected chi connectivity index (χ3v) is 2.97. The number of H-pyrrole nitrogens is 1. The lowest BCUT2D eigenvalue weighted by Crippen LogP contribution is -2.21. The zero-order valence-corrected chi connectivity index (χ0v) is 12.0. The summed E-state index contributed by atoms with van der Waals surface area (Å²) in [5.74, 6) is -0.148. The maximum atomic E-state index is 12.1. The molecule has 0 aliphatic carbocycles. The zero-order chi connectivity index (χ0) is 14.5. The molecule has 1 aromatic carbocycles. The molecule has 3 N–H and O–H groups in total. The van der Waals surface area contributed by atoms with Crippen LogP contribution in [0.2, 0.25) is 0 Å². The molecule has 0 saturated heterocycles. The zero-order valence-electron chi connectivity index (χ0n) is 12.0. The van der Waals surface area contributed by atoms with Crippen molar-refractivity contribution in [1.29, 1.82) is 0 Å². The standard InChI is InChI=1S/C15H20N4O/c1-10(2)16-8-12-5-4-6-13(7-12)18-15(20)14-9-17-19-11(14)3/h4-7,9-10,16H,8H2,1-3H3,(H,17,19)(H,18,20). The maximum Gasteiger partial charge on any atom is 0.259 e. The normalized spacial score (nSPS) is 10.8. The lowest BCUT2D eigenvalue weighted by molar-refractivity contribution is 0.102. The number of nitrogens with one attached hydrogen (secondary N) is 3. The van der Waals surface area contributed by atoms with Gasteiger partial charge in [0, 0.05) is 24.0 Å². The summed E-state index contributed by atoms with van der Waals surface area (Å²) in [5, 5.41) is 12.9. The van der Waals surface area contributed by atoms with E-state index < -0.39 is 0 Å². The summed E-state index contributed by atoms with van der Waals surface area (Å²) in [6.45, 7) is 6.82. The Morgan fingerprint density at radius 3 is 2.85 bits per heavy atom. The topological polar surface area (TPSA) is 69.8 Å². The number of anilines is 1. The van der Waals surface area contributed by atoms with Gasteiger partial charge in [0.15, 0.2) is 0 Å². The number of aromatic amines is 1. The molecule has 20 heavy (non-hydrogen) atoms. The Hall–Kier alpha value is -2.14. The summed E-state index contributed by atoms with van der Waals surface area (Å²) >= 11 is 0. The van der Waals surface area contributed by atoms with Crippen LogP contribution < -0.4 is 10.6 Å². The summed E-state index contributed by atoms with van der Waals surface area (Å²) in [5.41, 5.74) is 3.26. The molecule has 1 heterocycles. The van der Waals surface area contributed by atoms with E-state index in [0.29, 0.717) is 11.6 Å². The smallest absolute Gasteiger partial charge is 0.259 e. The first-order chi connectivity index (χ1) is 9.56. The number of hydrogen-bond acceptors (Lipinski definition) is 3. The average molecular weight is 272 g/mol. The first-order valence-electron chi connectivity index (χ1n) is 6.70. The first-order valence-corrected chi connectivity index (χ1v) is 6.70. The predicted molar refractivity (Wildman–Crippen MR) is 79.7 cm³/mol. The molecule has 106 valence electrons. The Morgan fingerprint density at radius 1 is 1.40 bits per heavy atom. The van der Waals surface area contributed by atoms with Crippen molar-refractivity contribution in [2.75, 3.05) is 5.32 Å². The highest BCUT2D eigenvalue weighted by molar-refractivity contribution is 6.04. The van der Waals surface area contributed by atoms with Gasteiger partial charge in [0.1, 0.15) is 0 Å². The van der Waals surface area contributed by atoms with Gasteiger partial charge in [0.2, 0.25) is 0 Å². The monoisotopic (exact) mass is 272 g/mol. The van der Waals surface area contributed by atoms with E-state index in [-0.39, 0.29) is 5.91 Å². The molecule has 2 rings (SSSR count). The highest BCUT2D eigenvalue weighted by Gasteiger charge is 2.10. The van der Waals surface area contributed by atoms with Crippen LogP contribution in [0, 0.1) is 6.92 Å². The second kappa shape index (κ2) is 6.34. The van der Waals surface area contributed by atoms with E-state index in [2.05, 4.69) is 34.7 Å². The van der Waals surface area contributed by atoms with Gasteiger partial charge in [0.05, 0.1) is 11.8 Å². The van der Waals surface area contributed by atoms with E-state index in [0.717, 1.165) is 23.5 Å². The third kappa shape index (κ3) is 3.68. The molecular formula is C15H20N4O. The van der Waals surface area contributed by atoms with Gasteiger partial charge in [-0.25, -0.2) is 0 Å². The van der Waals surface area contributed by atoms with E-state index in [4.69, 9.17) is 0 Å². The fourth-order valence-corrected chi connectivity index (χ4v) is 1.86. The lowest BCUT2D eigenvalue weighted by Gasteiger charge is -2.10. The Labute approximate surface area is 118 Å². The lowest BCUT2D eigenvalue weighted by atomic mass is 10.1. The SMILES string of the molecule is Cc1[nH]ncc1C(=O)Nc1cccc(CNC(C)C)c1. The van der Waals surface area contributed by atoms with Gasteiger partial charge in [-0.2, -0.15) is 5.10 Å². The van der Waals surface area contributed by atoms with Crippen molar-refractivity contribution in [1.82, 2.24) is 15.5 Å². The Morgan fingerprint density at radius 2 is 2.20 bits per heavy atom. The van der Waals surface area contributed by atoms with Crippen molar-refractivity contribution in [2.24, 2.45) is 0 Å². The van der Waals surface area contributed by atoms with Crippen LogP contribution in [0.25, 0.3) is 0 Å². The molecule has 5 heteroatoms. The fourth-order valence-electron chi connectivity index (χ4n) is 1.86. The molecule has 1 aromatic heterocycles. The molecule has 0 aliphatic rings. The van der Waals surface area contributed by atoms with E-state index in [1.54, 1.807) is 0 Å². The molecule has 0 unspecified atom stereocenters. The summed E-state index contributed by atoms with van der Waals surface area (Å²) in [6, 6.07) is 8.26. The Balaban J connectivity index is 2.04. The van der Waals surface area contributed by atoms with Crippen molar-refractivity contribution in [2.45, 2.75) is 33.4 Å². The number of benzene rings is 1. The molecule has 1 amide bonds. The predicted octanol–water partition coefficient (Wildman–Crippen LogP) is 2.47. The van der Waals surface area contributed by atoms with Crippen LogP contribution in [-0.4, -0.2) is 22.1 Å². The number of amides is 1. The van der Waals surface area contributed by atoms with Crippen LogP contribution in [0.15, 0.2) is 30.5 Å². The molecule has 0 radical (unpaired) electrons. The largest absolute Gasteiger partial charge is 0.322 e. The number of aromatic nitrogens is 2. The summed E-state index contributed by atoms with van der Waals surface area (Å²) < 4.78 is 0. The minimum absolute atomic E-state index is 0.148. The highest BCUT2D eigenvalue weighted by atomic mass is 16.1. The van der Waals surface area contributed by atoms with Crippen LogP contribution in [0.4, 0.5) is 5.69 Å². The summed E-state index contributed by atoms with van der Waals surface area (Å²) in [4.78, 5) is 12.1. The van der Waals surface area contributed by atoms with Crippen LogP contribution in [0.1, 0.15) is 35.5 Å². The minimum Gasteiger partial charge on any atom is -0.322 e. The van der Waals surface area contributed by atoms with Crippen LogP contribution in [0.3, 0.4) is 0 Å². The molecule has 0 spiro atoms. The average Bonchev–Trinajstić information content (AvgIpc) is 2.83. The van der Waals surface area contributed by atoms with Crippen molar-refractivity contribution in [3.8, 4) is 0 Å². The number of nitrogens with zero attached hydrogens (tertiary/aromatic N) is 1. The number of carbonyl (C=O) groups excluding carboxylic acids is 1. The first kappa shape index (κ1) is 14.3. The number of rotatable bonds is 5. The van der Waals surface area contributed by atoms with Gasteiger partial charge in [-0.15, -0.1) is 0 Å². The van der Waals surface area contributed by atoms with Gasteiger partial charge >= 0.3 is 0 Å².